The SMILES string of the molecule is C#CCOC(=O)N[C@@H](CCCCNC(=O)OC(C)(C)C)C(=O)N[C@H](C(=O)N[C@@H](C)C(=O)Nc1ccc(CO)c(CN(C)C(=O)OCC2c3ccccc3-c3ccccc32)c1)C(C)C. The van der Waals surface area contributed by atoms with Gasteiger partial charge in [0.2, 0.25) is 17.7 Å². The summed E-state index contributed by atoms with van der Waals surface area (Å²) in [6, 6.07) is 17.7. The van der Waals surface area contributed by atoms with E-state index in [9.17, 15) is 33.9 Å². The number of terminal acetylenes is 1. The summed E-state index contributed by atoms with van der Waals surface area (Å²) in [6.45, 7) is 9.98. The van der Waals surface area contributed by atoms with E-state index in [2.05, 4.69) is 44.6 Å². The lowest BCUT2D eigenvalue weighted by molar-refractivity contribution is -0.132. The molecule has 4 rings (SSSR count). The number of alkyl carbamates (subject to hydrolysis) is 2. The second kappa shape index (κ2) is 23.0. The predicted octanol–water partition coefficient (Wildman–Crippen LogP) is 5.57. The van der Waals surface area contributed by atoms with Gasteiger partial charge in [0.1, 0.15) is 30.3 Å². The van der Waals surface area contributed by atoms with Gasteiger partial charge in [-0.15, -0.1) is 6.42 Å². The molecule has 6 N–H and O–H groups in total. The lowest BCUT2D eigenvalue weighted by Crippen LogP contribution is -2.57. The Kier molecular flexibility index (Phi) is 17.9. The number of fused-ring (bicyclic) bond motifs is 3. The Labute approximate surface area is 369 Å². The van der Waals surface area contributed by atoms with E-state index in [1.54, 1.807) is 59.9 Å². The molecular formula is C47H60N6O10. The van der Waals surface area contributed by atoms with E-state index in [0.29, 0.717) is 29.7 Å². The number of nitrogens with zero attached hydrogens (tertiary/aromatic N) is 1. The zero-order valence-electron chi connectivity index (χ0n) is 37.0. The maximum absolute atomic E-state index is 13.5. The van der Waals surface area contributed by atoms with Crippen molar-refractivity contribution < 1.29 is 48.1 Å². The van der Waals surface area contributed by atoms with Gasteiger partial charge in [-0.25, -0.2) is 14.4 Å². The highest BCUT2D eigenvalue weighted by Crippen LogP contribution is 2.44. The number of amides is 6. The molecule has 63 heavy (non-hydrogen) atoms. The first-order valence-corrected chi connectivity index (χ1v) is 21.0. The molecule has 338 valence electrons. The summed E-state index contributed by atoms with van der Waals surface area (Å²) in [5.41, 5.74) is 5.21. The van der Waals surface area contributed by atoms with Crippen LogP contribution in [0, 0.1) is 18.3 Å². The second-order valence-electron chi connectivity index (χ2n) is 16.7. The fourth-order valence-electron chi connectivity index (χ4n) is 6.98. The number of hydrogen-bond donors (Lipinski definition) is 6. The molecule has 0 heterocycles. The molecule has 0 aromatic heterocycles. The number of aliphatic hydroxyl groups is 1. The average molecular weight is 869 g/mol. The Morgan fingerprint density at radius 2 is 1.46 bits per heavy atom. The molecule has 16 nitrogen and oxygen atoms in total. The topological polar surface area (TPSA) is 214 Å². The van der Waals surface area contributed by atoms with Crippen molar-refractivity contribution in [1.82, 2.24) is 26.2 Å². The number of benzene rings is 3. The summed E-state index contributed by atoms with van der Waals surface area (Å²) in [7, 11) is 1.59. The molecule has 0 unspecified atom stereocenters. The van der Waals surface area contributed by atoms with Crippen LogP contribution in [-0.4, -0.2) is 96.5 Å². The van der Waals surface area contributed by atoms with Crippen LogP contribution in [0.15, 0.2) is 66.7 Å². The highest BCUT2D eigenvalue weighted by Gasteiger charge is 2.32. The number of ether oxygens (including phenoxy) is 3. The summed E-state index contributed by atoms with van der Waals surface area (Å²) < 4.78 is 15.9. The van der Waals surface area contributed by atoms with Crippen LogP contribution in [0.2, 0.25) is 0 Å². The molecule has 0 saturated heterocycles. The lowest BCUT2D eigenvalue weighted by Gasteiger charge is -2.26. The molecule has 0 bridgehead atoms. The van der Waals surface area contributed by atoms with Crippen molar-refractivity contribution in [2.45, 2.75) is 104 Å². The average Bonchev–Trinajstić information content (AvgIpc) is 3.55. The molecule has 3 aromatic rings. The van der Waals surface area contributed by atoms with Crippen LogP contribution in [0.25, 0.3) is 11.1 Å². The number of hydrogen-bond acceptors (Lipinski definition) is 10. The second-order valence-corrected chi connectivity index (χ2v) is 16.7. The summed E-state index contributed by atoms with van der Waals surface area (Å²) in [4.78, 5) is 79.5. The molecule has 1 aliphatic rings. The maximum Gasteiger partial charge on any atom is 0.409 e. The van der Waals surface area contributed by atoms with Gasteiger partial charge in [-0.2, -0.15) is 0 Å². The maximum atomic E-state index is 13.5. The van der Waals surface area contributed by atoms with Crippen molar-refractivity contribution in [3.8, 4) is 23.5 Å². The van der Waals surface area contributed by atoms with Crippen LogP contribution in [-0.2, 0) is 41.7 Å². The number of carbonyl (C=O) groups excluding carboxylic acids is 6. The van der Waals surface area contributed by atoms with Crippen LogP contribution >= 0.6 is 0 Å². The monoisotopic (exact) mass is 868 g/mol. The molecule has 1 aliphatic carbocycles. The molecule has 0 radical (unpaired) electrons. The van der Waals surface area contributed by atoms with Crippen molar-refractivity contribution in [3.63, 3.8) is 0 Å². The quantitative estimate of drug-likeness (QED) is 0.0501. The molecule has 6 amide bonds. The number of anilines is 1. The van der Waals surface area contributed by atoms with Gasteiger partial charge in [0, 0.05) is 31.7 Å². The van der Waals surface area contributed by atoms with Crippen LogP contribution in [0.4, 0.5) is 20.1 Å². The lowest BCUT2D eigenvalue weighted by atomic mass is 9.98. The van der Waals surface area contributed by atoms with E-state index in [1.165, 1.54) is 11.8 Å². The zero-order valence-corrected chi connectivity index (χ0v) is 37.0. The molecule has 3 aromatic carbocycles. The minimum Gasteiger partial charge on any atom is -0.448 e. The van der Waals surface area contributed by atoms with Crippen LogP contribution < -0.4 is 26.6 Å². The van der Waals surface area contributed by atoms with Gasteiger partial charge in [-0.3, -0.25) is 14.4 Å². The minimum absolute atomic E-state index is 0.0682. The Bertz CT molecular complexity index is 2100. The van der Waals surface area contributed by atoms with Gasteiger partial charge in [0.05, 0.1) is 6.61 Å². The van der Waals surface area contributed by atoms with E-state index in [-0.39, 0.29) is 45.2 Å². The molecule has 16 heteroatoms. The third-order valence-electron chi connectivity index (χ3n) is 10.2. The van der Waals surface area contributed by atoms with E-state index >= 15 is 0 Å². The van der Waals surface area contributed by atoms with E-state index in [4.69, 9.17) is 20.6 Å². The molecule has 3 atom stereocenters. The van der Waals surface area contributed by atoms with Crippen LogP contribution in [0.1, 0.15) is 89.0 Å². The summed E-state index contributed by atoms with van der Waals surface area (Å²) in [5, 5.41) is 23.3. The Morgan fingerprint density at radius 1 is 0.810 bits per heavy atom. The Morgan fingerprint density at radius 3 is 2.06 bits per heavy atom. The standard InChI is InChI=1S/C47H60N6O10/c1-9-24-61-45(59)51-39(20-14-15-23-48-44(58)63-47(5,6)7)42(56)52-40(29(2)3)43(57)49-30(4)41(55)50-33-22-21-31(27-54)32(25-33)26-53(8)46(60)62-28-38-36-18-12-10-16-34(36)35-17-11-13-19-37(35)38/h1,10-13,16-19,21-22,25,29-30,38-40,54H,14-15,20,23-24,26-28H2,2-8H3,(H,48,58)(H,49,57)(H,50,55)(H,51,59)(H,52,56)/t30-,39-,40-/m0/s1. The predicted molar refractivity (Wildman–Crippen MR) is 237 cm³/mol. The van der Waals surface area contributed by atoms with E-state index < -0.39 is 65.6 Å². The third-order valence-corrected chi connectivity index (χ3v) is 10.2. The largest absolute Gasteiger partial charge is 0.448 e. The molecule has 0 spiro atoms. The number of unbranched alkanes of at least 4 members (excludes halogenated alkanes) is 1. The normalized spacial score (nSPS) is 13.2. The smallest absolute Gasteiger partial charge is 0.409 e. The van der Waals surface area contributed by atoms with Gasteiger partial charge in [0.25, 0.3) is 0 Å². The molecule has 0 saturated carbocycles. The Hall–Kier alpha value is -6.60. The highest BCUT2D eigenvalue weighted by molar-refractivity contribution is 5.98. The third kappa shape index (κ3) is 14.5. The first kappa shape index (κ1) is 49.1. The number of rotatable bonds is 19. The van der Waals surface area contributed by atoms with Crippen LogP contribution in [0.5, 0.6) is 0 Å². The highest BCUT2D eigenvalue weighted by atomic mass is 16.6. The van der Waals surface area contributed by atoms with Gasteiger partial charge in [-0.05, 0) is 98.4 Å². The molecule has 0 aliphatic heterocycles. The molecular weight excluding hydrogens is 809 g/mol. The van der Waals surface area contributed by atoms with Gasteiger partial charge in [-0.1, -0.05) is 74.4 Å². The van der Waals surface area contributed by atoms with Crippen molar-refractivity contribution in [2.75, 3.05) is 32.1 Å². The van der Waals surface area contributed by atoms with Crippen molar-refractivity contribution in [1.29, 1.82) is 0 Å². The van der Waals surface area contributed by atoms with Gasteiger partial charge < -0.3 is 50.8 Å². The fourth-order valence-corrected chi connectivity index (χ4v) is 6.98. The van der Waals surface area contributed by atoms with Crippen molar-refractivity contribution in [2.24, 2.45) is 5.92 Å². The number of carbonyl (C=O) groups is 6. The van der Waals surface area contributed by atoms with Crippen molar-refractivity contribution in [3.05, 3.63) is 89.0 Å². The molecule has 0 fully saturated rings. The number of nitrogens with one attached hydrogen (secondary N) is 5. The summed E-state index contributed by atoms with van der Waals surface area (Å²) >= 11 is 0. The summed E-state index contributed by atoms with van der Waals surface area (Å²) in [6.07, 6.45) is 4.11. The van der Waals surface area contributed by atoms with Gasteiger partial charge in [0.15, 0.2) is 6.61 Å². The first-order chi connectivity index (χ1) is 29.9. The minimum atomic E-state index is -1.12. The first-order valence-electron chi connectivity index (χ1n) is 21.0. The summed E-state index contributed by atoms with van der Waals surface area (Å²) in [5.74, 6) is -0.246. The number of aliphatic hydroxyl groups excluding tert-OH is 1. The zero-order chi connectivity index (χ0) is 46.3. The van der Waals surface area contributed by atoms with E-state index in [0.717, 1.165) is 22.3 Å². The van der Waals surface area contributed by atoms with E-state index in [1.807, 2.05) is 36.4 Å². The fraction of sp³-hybridized carbons (Fsp3) is 0.447. The Balaban J connectivity index is 1.33. The van der Waals surface area contributed by atoms with Gasteiger partial charge >= 0.3 is 18.3 Å². The van der Waals surface area contributed by atoms with Crippen LogP contribution in [0.3, 0.4) is 0 Å². The van der Waals surface area contributed by atoms with Crippen molar-refractivity contribution >= 4 is 41.7 Å².